The Morgan fingerprint density at radius 3 is 1.86 bits per heavy atom. The van der Waals surface area contributed by atoms with Gasteiger partial charge in [0.05, 0.1) is 0 Å². The van der Waals surface area contributed by atoms with Gasteiger partial charge < -0.3 is 0 Å². The van der Waals surface area contributed by atoms with Crippen LogP contribution in [0.1, 0.15) is 0 Å². The fourth-order valence-electron chi connectivity index (χ4n) is 3.65. The van der Waals surface area contributed by atoms with Gasteiger partial charge in [0.2, 0.25) is 0 Å². The summed E-state index contributed by atoms with van der Waals surface area (Å²) in [4.78, 5) is 0. The molecule has 0 fully saturated rings. The highest BCUT2D eigenvalue weighted by Gasteiger charge is 2.15. The lowest BCUT2D eigenvalue weighted by Crippen LogP contribution is -1.88. The summed E-state index contributed by atoms with van der Waals surface area (Å²) in [5.74, 6) is 0. The molecule has 0 aliphatic heterocycles. The maximum atomic E-state index is 3.80. The normalized spacial score (nSPS) is 12.1. The predicted octanol–water partition coefficient (Wildman–Crippen LogP) is 7.26. The van der Waals surface area contributed by atoms with E-state index in [-0.39, 0.29) is 0 Å². The third-order valence-corrected chi connectivity index (χ3v) is 6.50. The first-order valence-corrected chi connectivity index (χ1v) is 8.77. The Morgan fingerprint density at radius 2 is 1.14 bits per heavy atom. The lowest BCUT2D eigenvalue weighted by Gasteiger charge is -2.16. The summed E-state index contributed by atoms with van der Waals surface area (Å²) in [6.07, 6.45) is 0. The van der Waals surface area contributed by atoms with E-state index in [0.717, 1.165) is 8.95 Å². The van der Waals surface area contributed by atoms with Crippen molar-refractivity contribution >= 4 is 74.9 Å². The average molecular weight is 410 g/mol. The minimum atomic E-state index is 1.10. The maximum Gasteiger partial charge on any atom is 0.0402 e. The van der Waals surface area contributed by atoms with E-state index < -0.39 is 0 Å². The second-order valence-corrected chi connectivity index (χ2v) is 7.31. The molecule has 0 unspecified atom stereocenters. The highest BCUT2D eigenvalue weighted by Crippen LogP contribution is 2.45. The molecule has 0 aliphatic rings. The van der Waals surface area contributed by atoms with Crippen molar-refractivity contribution in [3.8, 4) is 0 Å². The van der Waals surface area contributed by atoms with Crippen molar-refractivity contribution < 1.29 is 0 Å². The van der Waals surface area contributed by atoms with Crippen LogP contribution in [0.25, 0.3) is 43.1 Å². The van der Waals surface area contributed by atoms with Crippen LogP contribution in [-0.4, -0.2) is 0 Å². The second kappa shape index (κ2) is 4.43. The van der Waals surface area contributed by atoms with Crippen LogP contribution >= 0.6 is 31.9 Å². The minimum absolute atomic E-state index is 1.10. The maximum absolute atomic E-state index is 3.80. The van der Waals surface area contributed by atoms with Gasteiger partial charge in [0, 0.05) is 14.3 Å². The molecule has 0 spiro atoms. The molecule has 2 heteroatoms. The van der Waals surface area contributed by atoms with E-state index in [1.54, 1.807) is 0 Å². The molecular weight excluding hydrogens is 400 g/mol. The van der Waals surface area contributed by atoms with Gasteiger partial charge in [-0.2, -0.15) is 0 Å². The molecule has 5 aromatic carbocycles. The van der Waals surface area contributed by atoms with E-state index in [0.29, 0.717) is 0 Å². The summed E-state index contributed by atoms with van der Waals surface area (Å²) in [6.45, 7) is 0. The SMILES string of the molecule is Brc1cc2cccc3c4cccc5cccc(c(c1Br)c23)c54. The van der Waals surface area contributed by atoms with E-state index in [1.807, 2.05) is 0 Å². The van der Waals surface area contributed by atoms with E-state index in [2.05, 4.69) is 92.5 Å². The smallest absolute Gasteiger partial charge is 0.0402 e. The Hall–Kier alpha value is -1.64. The Kier molecular flexibility index (Phi) is 2.59. The van der Waals surface area contributed by atoms with Crippen LogP contribution in [0.4, 0.5) is 0 Å². The Balaban J connectivity index is 2.31. The van der Waals surface area contributed by atoms with Gasteiger partial charge in [-0.05, 0) is 75.6 Å². The molecule has 0 nitrogen and oxygen atoms in total. The fourth-order valence-corrected chi connectivity index (χ4v) is 4.62. The van der Waals surface area contributed by atoms with Crippen molar-refractivity contribution in [1.29, 1.82) is 0 Å². The highest BCUT2D eigenvalue weighted by molar-refractivity contribution is 9.13. The van der Waals surface area contributed by atoms with Crippen LogP contribution in [0.2, 0.25) is 0 Å². The molecule has 5 aromatic rings. The fraction of sp³-hybridized carbons (Fsp3) is 0. The monoisotopic (exact) mass is 408 g/mol. The van der Waals surface area contributed by atoms with Crippen molar-refractivity contribution in [2.75, 3.05) is 0 Å². The molecule has 0 aliphatic carbocycles. The topological polar surface area (TPSA) is 0 Å². The van der Waals surface area contributed by atoms with Gasteiger partial charge in [0.25, 0.3) is 0 Å². The Morgan fingerprint density at radius 1 is 0.545 bits per heavy atom. The number of rotatable bonds is 0. The van der Waals surface area contributed by atoms with Crippen molar-refractivity contribution in [2.24, 2.45) is 0 Å². The molecule has 104 valence electrons. The van der Waals surface area contributed by atoms with E-state index >= 15 is 0 Å². The zero-order chi connectivity index (χ0) is 14.8. The van der Waals surface area contributed by atoms with Crippen LogP contribution in [0, 0.1) is 0 Å². The molecule has 22 heavy (non-hydrogen) atoms. The van der Waals surface area contributed by atoms with Crippen LogP contribution in [0.5, 0.6) is 0 Å². The number of benzene rings is 5. The van der Waals surface area contributed by atoms with E-state index in [1.165, 1.54) is 43.1 Å². The Bertz CT molecular complexity index is 1180. The van der Waals surface area contributed by atoms with E-state index in [9.17, 15) is 0 Å². The summed E-state index contributed by atoms with van der Waals surface area (Å²) in [6, 6.07) is 21.9. The number of hydrogen-bond donors (Lipinski definition) is 0. The lowest BCUT2D eigenvalue weighted by molar-refractivity contribution is 1.70. The van der Waals surface area contributed by atoms with Crippen molar-refractivity contribution in [3.05, 3.63) is 69.6 Å². The van der Waals surface area contributed by atoms with Gasteiger partial charge in [-0.25, -0.2) is 0 Å². The first-order chi connectivity index (χ1) is 10.8. The van der Waals surface area contributed by atoms with Crippen molar-refractivity contribution in [3.63, 3.8) is 0 Å². The standard InChI is InChI=1S/C20H10Br2/c21-16-10-12-6-3-8-14-13-7-1-4-11-5-2-9-15(17(11)13)19(18(12)14)20(16)22/h1-10H. The van der Waals surface area contributed by atoms with Crippen LogP contribution in [0.3, 0.4) is 0 Å². The molecule has 0 bridgehead atoms. The number of hydrogen-bond acceptors (Lipinski definition) is 0. The highest BCUT2D eigenvalue weighted by atomic mass is 79.9. The molecule has 0 heterocycles. The molecule has 5 rings (SSSR count). The average Bonchev–Trinajstić information content (AvgIpc) is 2.55. The largest absolute Gasteiger partial charge is 0.0610 e. The molecule has 0 saturated carbocycles. The van der Waals surface area contributed by atoms with Gasteiger partial charge >= 0.3 is 0 Å². The van der Waals surface area contributed by atoms with Crippen molar-refractivity contribution in [2.45, 2.75) is 0 Å². The molecule has 0 atom stereocenters. The van der Waals surface area contributed by atoms with Gasteiger partial charge in [-0.15, -0.1) is 0 Å². The van der Waals surface area contributed by atoms with E-state index in [4.69, 9.17) is 0 Å². The molecule has 0 saturated heterocycles. The molecule has 0 aromatic heterocycles. The first kappa shape index (κ1) is 12.9. The van der Waals surface area contributed by atoms with Gasteiger partial charge in [-0.1, -0.05) is 54.6 Å². The minimum Gasteiger partial charge on any atom is -0.0610 e. The van der Waals surface area contributed by atoms with Crippen LogP contribution < -0.4 is 0 Å². The number of fused-ring (bicyclic) bond motifs is 2. The van der Waals surface area contributed by atoms with Gasteiger partial charge in [-0.3, -0.25) is 0 Å². The van der Waals surface area contributed by atoms with Gasteiger partial charge in [0.1, 0.15) is 0 Å². The summed E-state index contributed by atoms with van der Waals surface area (Å²) >= 11 is 7.50. The third kappa shape index (κ3) is 1.52. The molecule has 0 radical (unpaired) electrons. The Labute approximate surface area is 144 Å². The quantitative estimate of drug-likeness (QED) is 0.186. The zero-order valence-electron chi connectivity index (χ0n) is 11.5. The second-order valence-electron chi connectivity index (χ2n) is 5.66. The van der Waals surface area contributed by atoms with Gasteiger partial charge in [0.15, 0.2) is 0 Å². The van der Waals surface area contributed by atoms with Crippen LogP contribution in [0.15, 0.2) is 69.6 Å². The molecule has 0 amide bonds. The third-order valence-electron chi connectivity index (χ3n) is 4.52. The summed E-state index contributed by atoms with van der Waals surface area (Å²) in [7, 11) is 0. The predicted molar refractivity (Wildman–Crippen MR) is 103 cm³/mol. The molecular formula is C20H10Br2. The first-order valence-electron chi connectivity index (χ1n) is 7.19. The molecule has 0 N–H and O–H groups in total. The lowest BCUT2D eigenvalue weighted by atomic mass is 9.90. The summed E-state index contributed by atoms with van der Waals surface area (Å²) in [5, 5.41) is 10.5. The summed E-state index contributed by atoms with van der Waals surface area (Å²) in [5.41, 5.74) is 0. The number of halogens is 2. The van der Waals surface area contributed by atoms with Crippen molar-refractivity contribution in [1.82, 2.24) is 0 Å². The zero-order valence-corrected chi connectivity index (χ0v) is 14.7. The summed E-state index contributed by atoms with van der Waals surface area (Å²) < 4.78 is 2.23. The van der Waals surface area contributed by atoms with Crippen LogP contribution in [-0.2, 0) is 0 Å².